The van der Waals surface area contributed by atoms with Gasteiger partial charge < -0.3 is 76.3 Å². The molecule has 8 amide bonds. The van der Waals surface area contributed by atoms with Crippen LogP contribution in [0.5, 0.6) is 0 Å². The zero-order chi connectivity index (χ0) is 34.4. The van der Waals surface area contributed by atoms with E-state index in [2.05, 4.69) is 42.2 Å². The maximum absolute atomic E-state index is 13.4. The van der Waals surface area contributed by atoms with Crippen molar-refractivity contribution in [1.29, 1.82) is 0 Å². The van der Waals surface area contributed by atoms with Crippen LogP contribution in [-0.4, -0.2) is 122 Å². The Morgan fingerprint density at radius 3 is 2.35 bits per heavy atom. The van der Waals surface area contributed by atoms with Crippen LogP contribution in [0.2, 0.25) is 0 Å². The highest BCUT2D eigenvalue weighted by atomic mass is 16.3. The number of aliphatic hydroxyl groups is 1. The summed E-state index contributed by atoms with van der Waals surface area (Å²) in [5.74, 6) is -5.81. The number of carbonyl (C=O) groups excluding carboxylic acids is 7. The molecule has 0 saturated carbocycles. The highest BCUT2D eigenvalue weighted by Gasteiger charge is 2.35. The number of nitrogens with two attached hydrogens (primary N) is 5. The van der Waals surface area contributed by atoms with Crippen LogP contribution < -0.4 is 71.2 Å². The first kappa shape index (κ1) is 37.1. The summed E-state index contributed by atoms with van der Waals surface area (Å²) in [7, 11) is 0. The summed E-state index contributed by atoms with van der Waals surface area (Å²) in [6.07, 6.45) is 1.61. The third-order valence-electron chi connectivity index (χ3n) is 6.68. The molecule has 0 radical (unpaired) electrons. The number of hydrogen-bond donors (Lipinski definition) is 14. The summed E-state index contributed by atoms with van der Waals surface area (Å²) in [4.78, 5) is 93.9. The van der Waals surface area contributed by atoms with Gasteiger partial charge in [0.1, 0.15) is 29.9 Å². The number of primary amides is 1. The lowest BCUT2D eigenvalue weighted by Gasteiger charge is -2.29. The Bertz CT molecular complexity index is 1230. The number of carbonyl (C=O) groups is 7. The molecule has 0 aromatic heterocycles. The smallest absolute Gasteiger partial charge is 0.316 e. The molecular weight excluding hydrogens is 612 g/mol. The van der Waals surface area contributed by atoms with E-state index in [9.17, 15) is 38.7 Å². The molecule has 0 spiro atoms. The average Bonchev–Trinajstić information content (AvgIpc) is 3.02. The number of nitrogens with one attached hydrogen (secondary N) is 8. The molecule has 22 nitrogen and oxygen atoms in total. The van der Waals surface area contributed by atoms with E-state index in [1.807, 2.05) is 5.32 Å². The summed E-state index contributed by atoms with van der Waals surface area (Å²) >= 11 is 0. The first-order valence-electron chi connectivity index (χ1n) is 14.2. The second kappa shape index (κ2) is 18.0. The van der Waals surface area contributed by atoms with E-state index < -0.39 is 103 Å². The number of hydrogen-bond acceptors (Lipinski definition) is 14. The van der Waals surface area contributed by atoms with Crippen molar-refractivity contribution >= 4 is 47.4 Å². The molecule has 0 aromatic carbocycles. The molecule has 0 aliphatic carbocycles. The fourth-order valence-corrected chi connectivity index (χ4v) is 4.13. The zero-order valence-electron chi connectivity index (χ0n) is 24.8. The number of guanidine groups is 1. The lowest BCUT2D eigenvalue weighted by atomic mass is 10.0. The van der Waals surface area contributed by atoms with Crippen molar-refractivity contribution in [3.05, 3.63) is 11.9 Å². The number of amides is 8. The third kappa shape index (κ3) is 11.5. The second-order valence-electron chi connectivity index (χ2n) is 10.2. The lowest BCUT2D eigenvalue weighted by Crippen LogP contribution is -2.62. The van der Waals surface area contributed by atoms with Gasteiger partial charge in [0, 0.05) is 25.8 Å². The number of nitrogens with zero attached hydrogens (tertiary/aromatic N) is 1. The van der Waals surface area contributed by atoms with Crippen molar-refractivity contribution in [2.24, 2.45) is 33.7 Å². The monoisotopic (exact) mass is 654 g/mol. The normalized spacial score (nSPS) is 26.6. The Labute approximate surface area is 262 Å². The molecule has 22 heteroatoms. The van der Waals surface area contributed by atoms with Gasteiger partial charge in [0.2, 0.25) is 29.5 Å². The van der Waals surface area contributed by atoms with Crippen LogP contribution in [0.1, 0.15) is 19.3 Å². The van der Waals surface area contributed by atoms with E-state index in [0.29, 0.717) is 6.42 Å². The Kier molecular flexibility index (Phi) is 14.6. The molecule has 2 aliphatic heterocycles. The van der Waals surface area contributed by atoms with Gasteiger partial charge in [-0.05, 0) is 25.8 Å². The van der Waals surface area contributed by atoms with E-state index in [0.717, 1.165) is 6.20 Å². The minimum absolute atomic E-state index is 0.0144. The Balaban J connectivity index is 2.50. The molecule has 256 valence electrons. The maximum atomic E-state index is 13.4. The van der Waals surface area contributed by atoms with E-state index in [1.54, 1.807) is 0 Å². The minimum Gasteiger partial charge on any atom is -0.394 e. The van der Waals surface area contributed by atoms with Crippen LogP contribution in [0.15, 0.2) is 16.9 Å². The molecule has 0 aromatic rings. The number of aliphatic imine (C=N–C) groups is 1. The van der Waals surface area contributed by atoms with Gasteiger partial charge in [-0.25, -0.2) is 9.79 Å². The maximum Gasteiger partial charge on any atom is 0.316 e. The van der Waals surface area contributed by atoms with E-state index in [4.69, 9.17) is 28.7 Å². The summed E-state index contributed by atoms with van der Waals surface area (Å²) < 4.78 is 0. The molecule has 19 N–H and O–H groups in total. The lowest BCUT2D eigenvalue weighted by molar-refractivity contribution is -0.134. The van der Waals surface area contributed by atoms with Crippen molar-refractivity contribution < 1.29 is 38.7 Å². The van der Waals surface area contributed by atoms with Gasteiger partial charge in [0.15, 0.2) is 5.96 Å². The number of aliphatic hydroxyl groups excluding tert-OH is 1. The summed E-state index contributed by atoms with van der Waals surface area (Å²) in [5.41, 5.74) is 27.4. The third-order valence-corrected chi connectivity index (χ3v) is 6.68. The van der Waals surface area contributed by atoms with Gasteiger partial charge in [-0.2, -0.15) is 0 Å². The Morgan fingerprint density at radius 1 is 1.02 bits per heavy atom. The highest BCUT2D eigenvalue weighted by molar-refractivity contribution is 6.02. The Morgan fingerprint density at radius 2 is 1.72 bits per heavy atom. The predicted octanol–water partition coefficient (Wildman–Crippen LogP) is -8.62. The van der Waals surface area contributed by atoms with Crippen molar-refractivity contribution in [2.75, 3.05) is 32.8 Å². The van der Waals surface area contributed by atoms with Crippen LogP contribution in [-0.2, 0) is 28.8 Å². The number of urea groups is 1. The minimum atomic E-state index is -1.65. The first-order valence-corrected chi connectivity index (χ1v) is 14.2. The molecule has 46 heavy (non-hydrogen) atoms. The van der Waals surface area contributed by atoms with Crippen LogP contribution in [0.25, 0.3) is 0 Å². The van der Waals surface area contributed by atoms with E-state index >= 15 is 0 Å². The highest BCUT2D eigenvalue weighted by Crippen LogP contribution is 2.09. The summed E-state index contributed by atoms with van der Waals surface area (Å²) in [6, 6.07) is -9.18. The van der Waals surface area contributed by atoms with Crippen LogP contribution in [0.4, 0.5) is 4.79 Å². The van der Waals surface area contributed by atoms with Crippen LogP contribution in [0.3, 0.4) is 0 Å². The zero-order valence-corrected chi connectivity index (χ0v) is 24.8. The van der Waals surface area contributed by atoms with Crippen LogP contribution in [0, 0.1) is 0 Å². The topological polar surface area (TPSA) is 378 Å². The second-order valence-corrected chi connectivity index (χ2v) is 10.2. The predicted molar refractivity (Wildman–Crippen MR) is 160 cm³/mol. The van der Waals surface area contributed by atoms with Gasteiger partial charge in [-0.1, -0.05) is 0 Å². The van der Waals surface area contributed by atoms with E-state index in [1.165, 1.54) is 0 Å². The van der Waals surface area contributed by atoms with Crippen molar-refractivity contribution in [3.8, 4) is 0 Å². The average molecular weight is 655 g/mol. The summed E-state index contributed by atoms with van der Waals surface area (Å²) in [6.45, 7) is -1.42. The standard InChI is InChI=1S/C24H42N14O8/c25-4-1-2-10(26)17(40)32-7-13-19(42)34-14(8-33-24(29)46)20(43)38-16(12-3-5-30-23(28)37-12)22(45)31-6-11(27)18(41)36-15(9-39)21(44)35-13/h8,10-13,15-16,39H,1-7,9,25-27H2,(H,31,45)(H,32,40)(H,34,42)(H,35,44)(H,36,41)(H,38,43)(H3,28,30,37)(H3,29,33,46)/b14-8-/t10-,11-,12+,13-,15-,16?/m1/s1. The number of rotatable bonds is 9. The molecule has 1 unspecified atom stereocenters. The molecule has 6 atom stereocenters. The van der Waals surface area contributed by atoms with Crippen molar-refractivity contribution in [2.45, 2.75) is 55.5 Å². The molecule has 2 heterocycles. The van der Waals surface area contributed by atoms with Gasteiger partial charge in [-0.15, -0.1) is 0 Å². The van der Waals surface area contributed by atoms with Gasteiger partial charge >= 0.3 is 6.03 Å². The molecule has 2 aliphatic rings. The molecular formula is C24H42N14O8. The van der Waals surface area contributed by atoms with Gasteiger partial charge in [-0.3, -0.25) is 28.8 Å². The first-order chi connectivity index (χ1) is 21.8. The van der Waals surface area contributed by atoms with Gasteiger partial charge in [0.05, 0.1) is 18.7 Å². The SMILES string of the molecule is NCCC[C@@H](N)C(=O)NC[C@H]1NC(=O)[C@@H](CO)NC(=O)[C@H](N)CNC(=O)C([C@@H]2CCNC(N)=N2)NC(=O)/C(=C/NC(N)=O)NC1=O. The van der Waals surface area contributed by atoms with Crippen LogP contribution >= 0.6 is 0 Å². The molecule has 0 bridgehead atoms. The van der Waals surface area contributed by atoms with E-state index in [-0.39, 0.29) is 31.9 Å². The van der Waals surface area contributed by atoms with Crippen molar-refractivity contribution in [3.63, 3.8) is 0 Å². The molecule has 1 fully saturated rings. The summed E-state index contributed by atoms with van der Waals surface area (Å²) in [5, 5.41) is 28.5. The fraction of sp³-hybridized carbons (Fsp3) is 0.583. The fourth-order valence-electron chi connectivity index (χ4n) is 4.13. The largest absolute Gasteiger partial charge is 0.394 e. The Hall–Kier alpha value is -5.06. The molecule has 1 saturated heterocycles. The van der Waals surface area contributed by atoms with Crippen molar-refractivity contribution in [1.82, 2.24) is 42.5 Å². The quantitative estimate of drug-likeness (QED) is 0.103. The molecule has 2 rings (SSSR count). The van der Waals surface area contributed by atoms with Gasteiger partial charge in [0.25, 0.3) is 5.91 Å².